The van der Waals surface area contributed by atoms with E-state index in [0.29, 0.717) is 0 Å². The van der Waals surface area contributed by atoms with Crippen molar-refractivity contribution >= 4 is 22.7 Å². The van der Waals surface area contributed by atoms with E-state index in [4.69, 9.17) is 0 Å². The Hall–Kier alpha value is -2.44. The lowest BCUT2D eigenvalue weighted by molar-refractivity contribution is 0.332. The van der Waals surface area contributed by atoms with Crippen molar-refractivity contribution in [1.29, 1.82) is 0 Å². The van der Waals surface area contributed by atoms with Gasteiger partial charge < -0.3 is 19.6 Å². The number of hydrogen-bond donors (Lipinski definition) is 0. The van der Waals surface area contributed by atoms with Crippen LogP contribution in [-0.4, -0.2) is 89.6 Å². The number of rotatable bonds is 0. The molecule has 0 spiro atoms. The van der Waals surface area contributed by atoms with Gasteiger partial charge in [0.05, 0.1) is 36.1 Å². The van der Waals surface area contributed by atoms with Crippen molar-refractivity contribution in [2.45, 2.75) is 25.7 Å². The molecule has 2 unspecified atom stereocenters. The van der Waals surface area contributed by atoms with Crippen LogP contribution in [0.5, 0.6) is 0 Å². The van der Waals surface area contributed by atoms with Crippen LogP contribution >= 0.6 is 0 Å². The van der Waals surface area contributed by atoms with Gasteiger partial charge in [-0.3, -0.25) is 9.80 Å². The minimum absolute atomic E-state index is 1.05. The molecule has 3 aliphatic heterocycles. The molecule has 2 aromatic carbocycles. The maximum Gasteiger partial charge on any atom is 0.0709 e. The number of fused-ring (bicyclic) bond motifs is 8. The van der Waals surface area contributed by atoms with E-state index < -0.39 is 0 Å². The maximum absolute atomic E-state index is 2.63. The fourth-order valence-electron chi connectivity index (χ4n) is 5.77. The largest absolute Gasteiger partial charge is 0.373 e. The molecule has 0 radical (unpaired) electrons. The van der Waals surface area contributed by atoms with E-state index in [9.17, 15) is 0 Å². The normalized spacial score (nSPS) is 24.6. The molecular weight excluding hydrogens is 420 g/mol. The van der Waals surface area contributed by atoms with Crippen LogP contribution in [0.15, 0.2) is 48.5 Å². The molecule has 0 aromatic heterocycles. The number of anilines is 4. The highest BCUT2D eigenvalue weighted by Gasteiger charge is 2.24. The Morgan fingerprint density at radius 2 is 0.824 bits per heavy atom. The van der Waals surface area contributed by atoms with Crippen LogP contribution in [0.4, 0.5) is 22.7 Å². The van der Waals surface area contributed by atoms with Crippen molar-refractivity contribution in [2.75, 3.05) is 99.4 Å². The Morgan fingerprint density at radius 1 is 0.441 bits per heavy atom. The van der Waals surface area contributed by atoms with Gasteiger partial charge in [-0.2, -0.15) is 0 Å². The first-order valence-corrected chi connectivity index (χ1v) is 13.2. The molecular formula is C28H42N6. The van der Waals surface area contributed by atoms with Crippen molar-refractivity contribution in [3.8, 4) is 0 Å². The molecule has 2 fully saturated rings. The van der Waals surface area contributed by atoms with Crippen LogP contribution in [0.3, 0.4) is 0 Å². The van der Waals surface area contributed by atoms with Crippen LogP contribution in [0.2, 0.25) is 0 Å². The van der Waals surface area contributed by atoms with E-state index in [1.165, 1.54) is 74.6 Å². The molecule has 184 valence electrons. The lowest BCUT2D eigenvalue weighted by Crippen LogP contribution is -2.30. The standard InChI is InChI=1S/C28H42N6/c1-29-15-7-9-17-31-20-22-34(24-31)28-14-6-4-12-26(28)30(2)16-8-10-18-32-19-21-33(23-32)27-13-5-3-11-25(27)29/h3-6,11-14H,7-10,15-24H2,1-2H3. The minimum atomic E-state index is 1.05. The number of benzene rings is 2. The smallest absolute Gasteiger partial charge is 0.0709 e. The van der Waals surface area contributed by atoms with E-state index in [-0.39, 0.29) is 0 Å². The Balaban J connectivity index is 1.31. The van der Waals surface area contributed by atoms with Crippen molar-refractivity contribution in [2.24, 2.45) is 0 Å². The van der Waals surface area contributed by atoms with Gasteiger partial charge in [0, 0.05) is 53.4 Å². The fourth-order valence-corrected chi connectivity index (χ4v) is 5.77. The monoisotopic (exact) mass is 462 g/mol. The van der Waals surface area contributed by atoms with Crippen LogP contribution in [0.25, 0.3) is 0 Å². The van der Waals surface area contributed by atoms with Crippen molar-refractivity contribution in [3.05, 3.63) is 48.5 Å². The van der Waals surface area contributed by atoms with Crippen molar-refractivity contribution < 1.29 is 0 Å². The number of para-hydroxylation sites is 4. The third-order valence-electron chi connectivity index (χ3n) is 7.82. The summed E-state index contributed by atoms with van der Waals surface area (Å²) >= 11 is 0. The Kier molecular flexibility index (Phi) is 7.45. The summed E-state index contributed by atoms with van der Waals surface area (Å²) in [6.45, 7) is 11.3. The number of nitrogens with zero attached hydrogens (tertiary/aromatic N) is 6. The molecule has 2 atom stereocenters. The first kappa shape index (κ1) is 23.3. The maximum atomic E-state index is 2.63. The predicted molar refractivity (Wildman–Crippen MR) is 145 cm³/mol. The van der Waals surface area contributed by atoms with E-state index in [1.807, 2.05) is 0 Å². The summed E-state index contributed by atoms with van der Waals surface area (Å²) < 4.78 is 0. The van der Waals surface area contributed by atoms with Gasteiger partial charge in [0.1, 0.15) is 0 Å². The molecule has 2 saturated heterocycles. The van der Waals surface area contributed by atoms with Gasteiger partial charge in [0.2, 0.25) is 0 Å². The summed E-state index contributed by atoms with van der Waals surface area (Å²) in [5, 5.41) is 0. The Bertz CT molecular complexity index is 857. The van der Waals surface area contributed by atoms with Crippen LogP contribution in [0, 0.1) is 0 Å². The molecule has 34 heavy (non-hydrogen) atoms. The van der Waals surface area contributed by atoms with Gasteiger partial charge in [-0.25, -0.2) is 0 Å². The second-order valence-corrected chi connectivity index (χ2v) is 10.3. The van der Waals surface area contributed by atoms with E-state index in [1.54, 1.807) is 0 Å². The molecule has 5 rings (SSSR count). The van der Waals surface area contributed by atoms with Gasteiger partial charge in [-0.15, -0.1) is 0 Å². The quantitative estimate of drug-likeness (QED) is 0.585. The Morgan fingerprint density at radius 3 is 1.26 bits per heavy atom. The van der Waals surface area contributed by atoms with Gasteiger partial charge >= 0.3 is 0 Å². The minimum Gasteiger partial charge on any atom is -0.373 e. The van der Waals surface area contributed by atoms with Gasteiger partial charge in [-0.1, -0.05) is 24.3 Å². The zero-order chi connectivity index (χ0) is 23.3. The molecule has 3 aliphatic rings. The fraction of sp³-hybridized carbons (Fsp3) is 0.571. The SMILES string of the molecule is CN1CCCCN2CCN(C2)c2ccccc2N(C)CCCCN2CCN(C2)c2ccccc21. The summed E-state index contributed by atoms with van der Waals surface area (Å²) in [4.78, 5) is 15.3. The topological polar surface area (TPSA) is 19.4 Å². The summed E-state index contributed by atoms with van der Waals surface area (Å²) in [7, 11) is 4.54. The molecule has 6 heteroatoms. The second kappa shape index (κ2) is 10.9. The highest BCUT2D eigenvalue weighted by atomic mass is 15.4. The van der Waals surface area contributed by atoms with Gasteiger partial charge in [0.15, 0.2) is 0 Å². The summed E-state index contributed by atoms with van der Waals surface area (Å²) in [5.41, 5.74) is 5.55. The van der Waals surface area contributed by atoms with E-state index >= 15 is 0 Å². The molecule has 0 amide bonds. The van der Waals surface area contributed by atoms with Crippen LogP contribution in [0.1, 0.15) is 25.7 Å². The predicted octanol–water partition coefficient (Wildman–Crippen LogP) is 3.99. The summed E-state index contributed by atoms with van der Waals surface area (Å²) in [5.74, 6) is 0. The lowest BCUT2D eigenvalue weighted by Gasteiger charge is -2.29. The molecule has 0 N–H and O–H groups in total. The van der Waals surface area contributed by atoms with Crippen molar-refractivity contribution in [3.63, 3.8) is 0 Å². The molecule has 0 saturated carbocycles. The third-order valence-corrected chi connectivity index (χ3v) is 7.82. The van der Waals surface area contributed by atoms with E-state index in [2.05, 4.69) is 92.0 Å². The molecule has 6 nitrogen and oxygen atoms in total. The molecule has 3 heterocycles. The number of hydrogen-bond acceptors (Lipinski definition) is 6. The second-order valence-electron chi connectivity index (χ2n) is 10.3. The highest BCUT2D eigenvalue weighted by molar-refractivity contribution is 5.72. The highest BCUT2D eigenvalue weighted by Crippen LogP contribution is 2.32. The van der Waals surface area contributed by atoms with Crippen LogP contribution in [-0.2, 0) is 0 Å². The van der Waals surface area contributed by atoms with E-state index in [0.717, 1.165) is 39.5 Å². The molecule has 4 bridgehead atoms. The Labute approximate surface area is 206 Å². The third kappa shape index (κ3) is 5.28. The van der Waals surface area contributed by atoms with Crippen LogP contribution < -0.4 is 19.6 Å². The summed E-state index contributed by atoms with van der Waals surface area (Å²) in [6, 6.07) is 18.0. The zero-order valence-electron chi connectivity index (χ0n) is 21.2. The average Bonchev–Trinajstić information content (AvgIpc) is 3.54. The first-order chi connectivity index (χ1) is 16.7. The average molecular weight is 463 g/mol. The van der Waals surface area contributed by atoms with Gasteiger partial charge in [0.25, 0.3) is 0 Å². The lowest BCUT2D eigenvalue weighted by atomic mass is 10.2. The first-order valence-electron chi connectivity index (χ1n) is 13.2. The zero-order valence-corrected chi connectivity index (χ0v) is 21.2. The summed E-state index contributed by atoms with van der Waals surface area (Å²) in [6.07, 6.45) is 4.96. The molecule has 0 aliphatic carbocycles. The molecule has 2 aromatic rings. The van der Waals surface area contributed by atoms with Gasteiger partial charge in [-0.05, 0) is 63.0 Å². The van der Waals surface area contributed by atoms with Crippen molar-refractivity contribution in [1.82, 2.24) is 9.80 Å².